The van der Waals surface area contributed by atoms with Crippen LogP contribution in [0.1, 0.15) is 245 Å². The number of carbonyl (C=O) groups is 1. The number of aliphatic hydroxyl groups is 2. The molecular formula is C50H93NO3. The van der Waals surface area contributed by atoms with E-state index in [4.69, 9.17) is 0 Å². The molecule has 0 fully saturated rings. The van der Waals surface area contributed by atoms with E-state index >= 15 is 0 Å². The van der Waals surface area contributed by atoms with Gasteiger partial charge in [-0.3, -0.25) is 4.79 Å². The third-order valence-electron chi connectivity index (χ3n) is 10.8. The topological polar surface area (TPSA) is 69.6 Å². The van der Waals surface area contributed by atoms with Crippen LogP contribution in [0.25, 0.3) is 0 Å². The first-order valence-corrected chi connectivity index (χ1v) is 23.9. The molecule has 0 aliphatic carbocycles. The van der Waals surface area contributed by atoms with Gasteiger partial charge in [0.25, 0.3) is 0 Å². The average Bonchev–Trinajstić information content (AvgIpc) is 3.18. The normalized spacial score (nSPS) is 13.3. The summed E-state index contributed by atoms with van der Waals surface area (Å²) >= 11 is 0. The molecule has 0 aromatic carbocycles. The van der Waals surface area contributed by atoms with Crippen LogP contribution < -0.4 is 5.32 Å². The third-order valence-corrected chi connectivity index (χ3v) is 10.8. The first-order valence-electron chi connectivity index (χ1n) is 23.9. The molecule has 0 rings (SSSR count). The highest BCUT2D eigenvalue weighted by Gasteiger charge is 2.17. The number of nitrogens with one attached hydrogen (secondary N) is 1. The Morgan fingerprint density at radius 3 is 1.20 bits per heavy atom. The summed E-state index contributed by atoms with van der Waals surface area (Å²) < 4.78 is 0. The van der Waals surface area contributed by atoms with Crippen molar-refractivity contribution < 1.29 is 15.0 Å². The van der Waals surface area contributed by atoms with Gasteiger partial charge in [-0.25, -0.2) is 0 Å². The smallest absolute Gasteiger partial charge is 0.220 e. The lowest BCUT2D eigenvalue weighted by molar-refractivity contribution is -0.123. The molecule has 0 heterocycles. The summed E-state index contributed by atoms with van der Waals surface area (Å²) in [6, 6.07) is -0.647. The number of amides is 1. The second-order valence-electron chi connectivity index (χ2n) is 16.2. The Balaban J connectivity index is 3.58. The molecule has 0 aromatic rings. The maximum atomic E-state index is 12.4. The minimum absolute atomic E-state index is 0.0872. The number of carbonyl (C=O) groups excluding carboxylic acids is 1. The Morgan fingerprint density at radius 1 is 0.444 bits per heavy atom. The lowest BCUT2D eigenvalue weighted by Crippen LogP contribution is -2.45. The summed E-state index contributed by atoms with van der Waals surface area (Å²) in [7, 11) is 0. The van der Waals surface area contributed by atoms with Crippen molar-refractivity contribution in [3.8, 4) is 0 Å². The maximum Gasteiger partial charge on any atom is 0.220 e. The molecule has 3 N–H and O–H groups in total. The Bertz CT molecular complexity index is 862. The lowest BCUT2D eigenvalue weighted by Gasteiger charge is -2.19. The first kappa shape index (κ1) is 52.3. The monoisotopic (exact) mass is 756 g/mol. The van der Waals surface area contributed by atoms with E-state index in [1.807, 2.05) is 6.08 Å². The predicted octanol–water partition coefficient (Wildman–Crippen LogP) is 15.1. The van der Waals surface area contributed by atoms with E-state index in [9.17, 15) is 15.0 Å². The molecule has 4 heteroatoms. The molecule has 2 unspecified atom stereocenters. The van der Waals surface area contributed by atoms with Crippen LogP contribution in [0.5, 0.6) is 0 Å². The fourth-order valence-electron chi connectivity index (χ4n) is 7.11. The van der Waals surface area contributed by atoms with E-state index < -0.39 is 12.1 Å². The Kier molecular flexibility index (Phi) is 44.3. The van der Waals surface area contributed by atoms with E-state index in [0.717, 1.165) is 51.4 Å². The summed E-state index contributed by atoms with van der Waals surface area (Å²) in [5.41, 5.74) is 0. The molecule has 2 atom stereocenters. The number of hydrogen-bond donors (Lipinski definition) is 3. The Labute approximate surface area is 337 Å². The second kappa shape index (κ2) is 45.7. The number of aliphatic hydroxyl groups excluding tert-OH is 2. The van der Waals surface area contributed by atoms with Crippen molar-refractivity contribution >= 4 is 5.91 Å². The van der Waals surface area contributed by atoms with Crippen LogP contribution in [0.4, 0.5) is 0 Å². The van der Waals surface area contributed by atoms with Crippen molar-refractivity contribution in [1.82, 2.24) is 5.32 Å². The molecule has 0 aliphatic rings. The van der Waals surface area contributed by atoms with Gasteiger partial charge in [0.15, 0.2) is 0 Å². The molecule has 0 aromatic heterocycles. The quantitative estimate of drug-likeness (QED) is 0.0429. The van der Waals surface area contributed by atoms with Crippen LogP contribution in [-0.4, -0.2) is 34.9 Å². The van der Waals surface area contributed by atoms with Crippen LogP contribution >= 0.6 is 0 Å². The van der Waals surface area contributed by atoms with Crippen molar-refractivity contribution in [2.24, 2.45) is 0 Å². The summed E-state index contributed by atoms with van der Waals surface area (Å²) in [6.45, 7) is 4.28. The minimum Gasteiger partial charge on any atom is -0.394 e. The highest BCUT2D eigenvalue weighted by molar-refractivity contribution is 5.76. The molecule has 0 spiro atoms. The van der Waals surface area contributed by atoms with Gasteiger partial charge in [-0.2, -0.15) is 0 Å². The van der Waals surface area contributed by atoms with Crippen LogP contribution in [0.2, 0.25) is 0 Å². The largest absolute Gasteiger partial charge is 0.394 e. The van der Waals surface area contributed by atoms with Crippen LogP contribution in [0, 0.1) is 0 Å². The van der Waals surface area contributed by atoms with E-state index in [1.165, 1.54) is 173 Å². The van der Waals surface area contributed by atoms with Gasteiger partial charge in [0.05, 0.1) is 18.8 Å². The van der Waals surface area contributed by atoms with Crippen LogP contribution in [0.15, 0.2) is 48.6 Å². The third kappa shape index (κ3) is 41.5. The molecule has 4 nitrogen and oxygen atoms in total. The summed E-state index contributed by atoms with van der Waals surface area (Å²) in [5, 5.41) is 23.0. The first-order chi connectivity index (χ1) is 26.7. The average molecular weight is 756 g/mol. The number of hydrogen-bond acceptors (Lipinski definition) is 3. The predicted molar refractivity (Wildman–Crippen MR) is 239 cm³/mol. The zero-order valence-corrected chi connectivity index (χ0v) is 36.2. The minimum atomic E-state index is -0.869. The molecule has 0 saturated heterocycles. The van der Waals surface area contributed by atoms with Crippen LogP contribution in [-0.2, 0) is 4.79 Å². The van der Waals surface area contributed by atoms with Gasteiger partial charge in [0, 0.05) is 6.42 Å². The molecular weight excluding hydrogens is 663 g/mol. The molecule has 0 radical (unpaired) electrons. The number of unbranched alkanes of at least 4 members (excludes halogenated alkanes) is 30. The van der Waals surface area contributed by atoms with Gasteiger partial charge in [-0.05, 0) is 64.2 Å². The molecule has 1 amide bonds. The van der Waals surface area contributed by atoms with Gasteiger partial charge in [0.2, 0.25) is 5.91 Å². The highest BCUT2D eigenvalue weighted by atomic mass is 16.3. The van der Waals surface area contributed by atoms with E-state index in [0.29, 0.717) is 6.42 Å². The fourth-order valence-corrected chi connectivity index (χ4v) is 7.11. The van der Waals surface area contributed by atoms with Crippen molar-refractivity contribution in [3.63, 3.8) is 0 Å². The Morgan fingerprint density at radius 2 is 0.778 bits per heavy atom. The van der Waals surface area contributed by atoms with Gasteiger partial charge >= 0.3 is 0 Å². The maximum absolute atomic E-state index is 12.4. The van der Waals surface area contributed by atoms with Gasteiger partial charge in [-0.15, -0.1) is 0 Å². The molecule has 0 bridgehead atoms. The zero-order valence-electron chi connectivity index (χ0n) is 36.2. The van der Waals surface area contributed by atoms with Crippen molar-refractivity contribution in [3.05, 3.63) is 48.6 Å². The zero-order chi connectivity index (χ0) is 39.3. The molecule has 316 valence electrons. The van der Waals surface area contributed by atoms with Gasteiger partial charge in [-0.1, -0.05) is 223 Å². The summed E-state index contributed by atoms with van der Waals surface area (Å²) in [4.78, 5) is 12.4. The summed E-state index contributed by atoms with van der Waals surface area (Å²) in [6.07, 6.45) is 62.4. The number of rotatable bonds is 43. The Hall–Kier alpha value is -1.65. The van der Waals surface area contributed by atoms with Crippen molar-refractivity contribution in [2.75, 3.05) is 6.61 Å². The van der Waals surface area contributed by atoms with Crippen LogP contribution in [0.3, 0.4) is 0 Å². The van der Waals surface area contributed by atoms with Gasteiger partial charge < -0.3 is 15.5 Å². The fraction of sp³-hybridized carbons (Fsp3) is 0.820. The molecule has 0 aliphatic heterocycles. The molecule has 0 saturated carbocycles. The van der Waals surface area contributed by atoms with E-state index in [-0.39, 0.29) is 12.5 Å². The standard InChI is InChI=1S/C50H93NO3/c1-3-5-7-9-11-13-15-17-19-21-22-23-24-25-26-27-28-29-30-31-33-35-37-39-41-43-45-49(53)48(47-52)51-50(54)46-44-42-40-38-36-34-32-20-18-16-14-12-10-8-6-4-2/h14,16,20,32,35,37,43,45,48-49,52-53H,3-13,15,17-19,21-31,33-34,36,38-42,44,46-47H2,1-2H3,(H,51,54)/b16-14-,32-20-,37-35+,45-43+. The van der Waals surface area contributed by atoms with Crippen molar-refractivity contribution in [2.45, 2.75) is 257 Å². The second-order valence-corrected chi connectivity index (χ2v) is 16.2. The number of allylic oxidation sites excluding steroid dienone is 7. The van der Waals surface area contributed by atoms with Crippen molar-refractivity contribution in [1.29, 1.82) is 0 Å². The van der Waals surface area contributed by atoms with Gasteiger partial charge in [0.1, 0.15) is 0 Å². The SMILES string of the molecule is CCCCCC/C=C\C/C=C\CCCCCCCC(=O)NC(CO)C(O)/C=C/CC/C=C/CCCCCCCCCCCCCCCCCCCCCC. The van der Waals surface area contributed by atoms with E-state index in [2.05, 4.69) is 55.6 Å². The van der Waals surface area contributed by atoms with E-state index in [1.54, 1.807) is 6.08 Å². The lowest BCUT2D eigenvalue weighted by atomic mass is 10.0. The summed E-state index contributed by atoms with van der Waals surface area (Å²) in [5.74, 6) is -0.0872. The molecule has 54 heavy (non-hydrogen) atoms. The highest BCUT2D eigenvalue weighted by Crippen LogP contribution is 2.15.